The Morgan fingerprint density at radius 3 is 2.45 bits per heavy atom. The second-order valence-electron chi connectivity index (χ2n) is 12.7. The van der Waals surface area contributed by atoms with Crippen molar-refractivity contribution < 1.29 is 29.3 Å². The van der Waals surface area contributed by atoms with Crippen LogP contribution < -0.4 is 0 Å². The number of imide groups is 1. The van der Waals surface area contributed by atoms with Crippen LogP contribution in [0.25, 0.3) is 6.08 Å². The normalized spacial score (nSPS) is 24.2. The third-order valence-corrected chi connectivity index (χ3v) is 9.74. The summed E-state index contributed by atoms with van der Waals surface area (Å²) in [6, 6.07) is 14.4. The van der Waals surface area contributed by atoms with Gasteiger partial charge in [-0.05, 0) is 74.3 Å². The number of nitrogens with zero attached hydrogens (tertiary/aromatic N) is 2. The summed E-state index contributed by atoms with van der Waals surface area (Å²) < 4.78 is 13.9. The van der Waals surface area contributed by atoms with E-state index in [1.165, 1.54) is 22.6 Å². The van der Waals surface area contributed by atoms with Crippen molar-refractivity contribution in [2.24, 2.45) is 17.8 Å². The molecule has 236 valence electrons. The Labute approximate surface area is 259 Å². The van der Waals surface area contributed by atoms with Crippen LogP contribution in [-0.2, 0) is 16.1 Å². The van der Waals surface area contributed by atoms with Crippen molar-refractivity contribution in [1.82, 2.24) is 9.80 Å². The maximum Gasteiger partial charge on any atom is 0.234 e. The number of benzene rings is 2. The number of hydrogen-bond acceptors (Lipinski definition) is 6. The number of aromatic hydroxyl groups is 1. The van der Waals surface area contributed by atoms with Gasteiger partial charge >= 0.3 is 0 Å². The molecule has 7 nitrogen and oxygen atoms in total. The number of allylic oxidation sites excluding steroid dienone is 2. The van der Waals surface area contributed by atoms with Crippen LogP contribution in [-0.4, -0.2) is 68.8 Å². The summed E-state index contributed by atoms with van der Waals surface area (Å²) in [7, 11) is 0. The van der Waals surface area contributed by atoms with Gasteiger partial charge in [-0.3, -0.25) is 19.4 Å². The first-order valence-electron chi connectivity index (χ1n) is 16.0. The third-order valence-electron chi connectivity index (χ3n) is 9.74. The summed E-state index contributed by atoms with van der Waals surface area (Å²) in [5.74, 6) is -3.18. The molecule has 0 saturated carbocycles. The molecule has 2 aromatic rings. The Bertz CT molecular complexity index is 1400. The second-order valence-corrected chi connectivity index (χ2v) is 12.7. The highest BCUT2D eigenvalue weighted by molar-refractivity contribution is 6.06. The first-order chi connectivity index (χ1) is 21.2. The van der Waals surface area contributed by atoms with Gasteiger partial charge in [0.1, 0.15) is 0 Å². The molecule has 44 heavy (non-hydrogen) atoms. The lowest BCUT2D eigenvalue weighted by Crippen LogP contribution is -2.47. The molecule has 0 bridgehead atoms. The van der Waals surface area contributed by atoms with E-state index in [1.54, 1.807) is 6.07 Å². The number of fused-ring (bicyclic) bond motifs is 1. The molecule has 0 radical (unpaired) electrons. The van der Waals surface area contributed by atoms with Crippen LogP contribution in [0.5, 0.6) is 5.75 Å². The summed E-state index contributed by atoms with van der Waals surface area (Å²) in [6.45, 7) is 6.11. The van der Waals surface area contributed by atoms with Gasteiger partial charge in [0.05, 0.1) is 24.5 Å². The van der Waals surface area contributed by atoms with Crippen molar-refractivity contribution in [3.8, 4) is 5.75 Å². The predicted molar refractivity (Wildman–Crippen MR) is 168 cm³/mol. The lowest BCUT2D eigenvalue weighted by Gasteiger charge is -2.36. The van der Waals surface area contributed by atoms with Crippen molar-refractivity contribution in [2.45, 2.75) is 77.5 Å². The van der Waals surface area contributed by atoms with E-state index < -0.39 is 35.4 Å². The highest BCUT2D eigenvalue weighted by Gasteiger charge is 2.56. The minimum atomic E-state index is -0.872. The van der Waals surface area contributed by atoms with Crippen LogP contribution in [0.3, 0.4) is 0 Å². The second kappa shape index (κ2) is 14.2. The van der Waals surface area contributed by atoms with E-state index in [4.69, 9.17) is 0 Å². The largest absolute Gasteiger partial charge is 0.505 e. The average Bonchev–Trinajstić information content (AvgIpc) is 3.26. The number of carbonyl (C=O) groups is 2. The van der Waals surface area contributed by atoms with E-state index >= 15 is 0 Å². The summed E-state index contributed by atoms with van der Waals surface area (Å²) in [4.78, 5) is 31.4. The van der Waals surface area contributed by atoms with Gasteiger partial charge in [0.15, 0.2) is 11.6 Å². The maximum absolute atomic E-state index is 13.9. The zero-order valence-electron chi connectivity index (χ0n) is 25.8. The standard InChI is InChI=1S/C36H45FN2O5/c1-3-7-24(19-26-11-12-31(41)30(37)20-26)10-13-32(42)33-23(2)18-28-34(29(33)22-40)36(44)39(35(28)43)27-14-16-38(17-15-27)21-25-8-5-4-6-9-25/h4-6,8-9,11-12,19-20,27-29,32,34,40-42H,3,7,10,13-18,21-22H2,1-2H3/b24-19+/t28-,29+,32-,34-/m1/s1. The topological polar surface area (TPSA) is 101 Å². The van der Waals surface area contributed by atoms with Crippen LogP contribution in [0.15, 0.2) is 65.3 Å². The first kappa shape index (κ1) is 32.1. The summed E-state index contributed by atoms with van der Waals surface area (Å²) >= 11 is 0. The van der Waals surface area contributed by atoms with E-state index in [1.807, 2.05) is 31.2 Å². The maximum atomic E-state index is 13.9. The molecule has 1 aliphatic carbocycles. The molecule has 5 rings (SSSR count). The van der Waals surface area contributed by atoms with Crippen molar-refractivity contribution in [3.05, 3.63) is 82.2 Å². The van der Waals surface area contributed by atoms with Crippen LogP contribution in [0.2, 0.25) is 0 Å². The Hall–Kier alpha value is -3.33. The van der Waals surface area contributed by atoms with Gasteiger partial charge in [-0.2, -0.15) is 0 Å². The number of piperidine rings is 1. The third kappa shape index (κ3) is 6.82. The van der Waals surface area contributed by atoms with Gasteiger partial charge in [0, 0.05) is 31.6 Å². The number of rotatable bonds is 11. The van der Waals surface area contributed by atoms with Gasteiger partial charge in [-0.1, -0.05) is 67.0 Å². The number of hydrogen-bond donors (Lipinski definition) is 3. The lowest BCUT2D eigenvalue weighted by molar-refractivity contribution is -0.144. The van der Waals surface area contributed by atoms with Gasteiger partial charge in [-0.25, -0.2) is 4.39 Å². The zero-order valence-corrected chi connectivity index (χ0v) is 25.8. The Morgan fingerprint density at radius 1 is 1.07 bits per heavy atom. The van der Waals surface area contributed by atoms with E-state index in [0.29, 0.717) is 30.4 Å². The van der Waals surface area contributed by atoms with Gasteiger partial charge in [0.25, 0.3) is 0 Å². The molecule has 2 fully saturated rings. The van der Waals surface area contributed by atoms with Crippen LogP contribution >= 0.6 is 0 Å². The molecule has 2 aliphatic heterocycles. The number of phenols is 1. The molecule has 2 heterocycles. The molecule has 0 unspecified atom stereocenters. The molecule has 2 amide bonds. The fourth-order valence-electron chi connectivity index (χ4n) is 7.60. The van der Waals surface area contributed by atoms with E-state index in [0.717, 1.165) is 56.5 Å². The van der Waals surface area contributed by atoms with Crippen molar-refractivity contribution in [3.63, 3.8) is 0 Å². The number of phenolic OH excluding ortho intramolecular Hbond substituents is 1. The van der Waals surface area contributed by atoms with Crippen LogP contribution in [0.1, 0.15) is 69.9 Å². The van der Waals surface area contributed by atoms with Gasteiger partial charge in [-0.15, -0.1) is 0 Å². The Balaban J connectivity index is 1.25. The molecule has 4 atom stereocenters. The molecule has 3 N–H and O–H groups in total. The number of amides is 2. The fraction of sp³-hybridized carbons (Fsp3) is 0.500. The molecular weight excluding hydrogens is 559 g/mol. The van der Waals surface area contributed by atoms with E-state index in [-0.39, 0.29) is 24.5 Å². The fourth-order valence-corrected chi connectivity index (χ4v) is 7.60. The van der Waals surface area contributed by atoms with E-state index in [9.17, 15) is 29.3 Å². The SMILES string of the molecule is CCC/C(=C\c1ccc(O)c(F)c1)CC[C@@H](O)C1=C(C)C[C@H]2C(=O)N(C3CCN(Cc4ccccc4)CC3)C(=O)[C@H]2[C@H]1CO. The molecule has 2 aromatic carbocycles. The zero-order chi connectivity index (χ0) is 31.4. The van der Waals surface area contributed by atoms with Gasteiger partial charge in [0.2, 0.25) is 11.8 Å². The number of aliphatic hydroxyl groups is 2. The minimum absolute atomic E-state index is 0.137. The molecular formula is C36H45FN2O5. The molecule has 0 spiro atoms. The summed E-state index contributed by atoms with van der Waals surface area (Å²) in [6.07, 6.45) is 5.48. The minimum Gasteiger partial charge on any atom is -0.505 e. The van der Waals surface area contributed by atoms with Crippen molar-refractivity contribution in [1.29, 1.82) is 0 Å². The predicted octanol–water partition coefficient (Wildman–Crippen LogP) is 5.45. The monoisotopic (exact) mass is 604 g/mol. The first-order valence-corrected chi connectivity index (χ1v) is 16.0. The van der Waals surface area contributed by atoms with Crippen molar-refractivity contribution in [2.75, 3.05) is 19.7 Å². The van der Waals surface area contributed by atoms with Crippen molar-refractivity contribution >= 4 is 17.9 Å². The highest BCUT2D eigenvalue weighted by atomic mass is 19.1. The molecule has 8 heteroatoms. The summed E-state index contributed by atoms with van der Waals surface area (Å²) in [5, 5.41) is 31.5. The highest BCUT2D eigenvalue weighted by Crippen LogP contribution is 2.47. The van der Waals surface area contributed by atoms with Crippen LogP contribution in [0.4, 0.5) is 4.39 Å². The Kier molecular flexibility index (Phi) is 10.3. The molecule has 2 saturated heterocycles. The quantitative estimate of drug-likeness (QED) is 0.233. The number of carbonyl (C=O) groups excluding carboxylic acids is 2. The lowest BCUT2D eigenvalue weighted by atomic mass is 9.68. The number of likely N-dealkylation sites (tertiary alicyclic amines) is 2. The van der Waals surface area contributed by atoms with E-state index in [2.05, 4.69) is 24.0 Å². The van der Waals surface area contributed by atoms with Gasteiger partial charge < -0.3 is 15.3 Å². The molecule has 3 aliphatic rings. The Morgan fingerprint density at radius 2 is 1.80 bits per heavy atom. The average molecular weight is 605 g/mol. The smallest absolute Gasteiger partial charge is 0.234 e. The summed E-state index contributed by atoms with van der Waals surface area (Å²) in [5.41, 5.74) is 4.49. The number of aliphatic hydroxyl groups excluding tert-OH is 2. The van der Waals surface area contributed by atoms with Crippen LogP contribution in [0, 0.1) is 23.6 Å². The molecule has 0 aromatic heterocycles. The number of halogens is 1.